The van der Waals surface area contributed by atoms with Gasteiger partial charge in [0.1, 0.15) is 18.0 Å². The number of aromatic nitrogens is 1. The molecule has 2 fully saturated rings. The molecule has 1 aromatic carbocycles. The normalized spacial score (nSPS) is 22.6. The molecule has 2 aromatic rings. The fourth-order valence-corrected chi connectivity index (χ4v) is 6.67. The number of nitrogens with one attached hydrogen (secondary N) is 1. The number of anilines is 1. The monoisotopic (exact) mass is 566 g/mol. The Kier molecular flexibility index (Phi) is 9.36. The number of carbonyl (C=O) groups excluding carboxylic acids is 4. The summed E-state index contributed by atoms with van der Waals surface area (Å²) in [4.78, 5) is 55.2. The Morgan fingerprint density at radius 2 is 1.95 bits per heavy atom. The number of nitrogens with two attached hydrogens (primary N) is 1. The van der Waals surface area contributed by atoms with Gasteiger partial charge in [-0.25, -0.2) is 4.98 Å². The van der Waals surface area contributed by atoms with Crippen molar-refractivity contribution in [3.8, 4) is 0 Å². The van der Waals surface area contributed by atoms with E-state index < -0.39 is 47.2 Å². The maximum absolute atomic E-state index is 13.5. The molecule has 3 N–H and O–H groups in total. The summed E-state index contributed by atoms with van der Waals surface area (Å²) in [6.07, 6.45) is 1.75. The number of hydrogen-bond acceptors (Lipinski definition) is 10. The number of rotatable bonds is 7. The number of carboxylic acids is 1. The number of aliphatic carboxylic acids is 1. The fourth-order valence-electron chi connectivity index (χ4n) is 4.59. The van der Waals surface area contributed by atoms with Crippen LogP contribution in [0, 0.1) is 26.2 Å². The smallest absolute Gasteiger partial charge is 0.549 e. The zero-order valence-electron chi connectivity index (χ0n) is 21.8. The van der Waals surface area contributed by atoms with Crippen molar-refractivity contribution in [2.75, 3.05) is 24.6 Å². The van der Waals surface area contributed by atoms with Crippen LogP contribution in [0.15, 0.2) is 17.5 Å². The van der Waals surface area contributed by atoms with Gasteiger partial charge in [-0.05, 0) is 43.5 Å². The van der Waals surface area contributed by atoms with E-state index in [0.29, 0.717) is 10.8 Å². The van der Waals surface area contributed by atoms with Gasteiger partial charge in [-0.1, -0.05) is 17.7 Å². The van der Waals surface area contributed by atoms with E-state index in [0.717, 1.165) is 22.3 Å². The minimum Gasteiger partial charge on any atom is -0.549 e. The Hall–Kier alpha value is -2.38. The molecular weight excluding hydrogens is 539 g/mol. The number of carboxylic acid groups (broad SMARTS) is 1. The predicted octanol–water partition coefficient (Wildman–Crippen LogP) is -2.11. The first-order valence-electron chi connectivity index (χ1n) is 11.5. The van der Waals surface area contributed by atoms with Crippen LogP contribution in [-0.4, -0.2) is 64.0 Å². The summed E-state index contributed by atoms with van der Waals surface area (Å²) in [7, 11) is 0. The van der Waals surface area contributed by atoms with E-state index in [4.69, 9.17) is 10.5 Å². The summed E-state index contributed by atoms with van der Waals surface area (Å²) in [5.41, 5.74) is 8.95. The number of amides is 2. The number of aryl methyl sites for hydroxylation is 3. The molecule has 0 saturated carbocycles. The molecule has 3 atom stereocenters. The number of esters is 1. The van der Waals surface area contributed by atoms with E-state index in [2.05, 4.69) is 10.3 Å². The number of nitrogens with zero attached hydrogens (tertiary/aromatic N) is 2. The average Bonchev–Trinajstić information content (AvgIpc) is 3.25. The van der Waals surface area contributed by atoms with Crippen molar-refractivity contribution in [3.63, 3.8) is 0 Å². The first-order chi connectivity index (χ1) is 17.4. The molecule has 2 unspecified atom stereocenters. The quantitative estimate of drug-likeness (QED) is 0.166. The predicted molar refractivity (Wildman–Crippen MR) is 139 cm³/mol. The Bertz CT molecular complexity index is 1310. The third kappa shape index (κ3) is 5.94. The van der Waals surface area contributed by atoms with Gasteiger partial charge in [0.2, 0.25) is 5.91 Å². The summed E-state index contributed by atoms with van der Waals surface area (Å²) < 4.78 is 4.94. The number of benzene rings is 1. The molecule has 38 heavy (non-hydrogen) atoms. The van der Waals surface area contributed by atoms with Crippen LogP contribution in [0.3, 0.4) is 0 Å². The number of thiazole rings is 1. The molecule has 0 radical (unpaired) electrons. The van der Waals surface area contributed by atoms with E-state index in [1.165, 1.54) is 34.9 Å². The van der Waals surface area contributed by atoms with Crippen molar-refractivity contribution in [1.29, 1.82) is 0 Å². The van der Waals surface area contributed by atoms with Crippen molar-refractivity contribution >= 4 is 63.6 Å². The average molecular weight is 567 g/mol. The number of fused-ring (bicyclic) bond motifs is 1. The van der Waals surface area contributed by atoms with Crippen molar-refractivity contribution in [1.82, 2.24) is 15.2 Å². The summed E-state index contributed by atoms with van der Waals surface area (Å²) in [6.45, 7) is 6.55. The molecule has 0 aliphatic carbocycles. The van der Waals surface area contributed by atoms with Crippen molar-refractivity contribution < 1.29 is 58.6 Å². The first-order valence-corrected chi connectivity index (χ1v) is 13.4. The topological polar surface area (TPSA) is 155 Å². The summed E-state index contributed by atoms with van der Waals surface area (Å²) in [5, 5.41) is 16.2. The van der Waals surface area contributed by atoms with Gasteiger partial charge >= 0.3 is 35.5 Å². The maximum Gasteiger partial charge on any atom is 1.00 e. The molecule has 2 saturated heterocycles. The van der Waals surface area contributed by atoms with Crippen LogP contribution >= 0.6 is 23.1 Å². The van der Waals surface area contributed by atoms with Crippen molar-refractivity contribution in [3.05, 3.63) is 45.5 Å². The Morgan fingerprint density at radius 1 is 1.29 bits per heavy atom. The van der Waals surface area contributed by atoms with E-state index in [1.807, 2.05) is 32.9 Å². The van der Waals surface area contributed by atoms with Crippen LogP contribution in [0.2, 0.25) is 0 Å². The van der Waals surface area contributed by atoms with Gasteiger partial charge in [0.15, 0.2) is 5.13 Å². The second-order valence-electron chi connectivity index (χ2n) is 9.41. The largest absolute Gasteiger partial charge is 1.00 e. The standard InChI is InChI=1S/C25H28N4O6S2.Na/c1-12-5-13(2)16(14(3)6-12)7-17(18-8-36-24(26)27-18)20(31)28-19-21(32)29-9-25(23(33)34,10-35-15(4)30)11-37-22(19)29;/h5-8,19,22H,9-11H2,1-4H3,(H2,26,27)(H,28,31)(H,33,34);/q;+1/p-1/t19?,22-,25?;/m1./s1. The molecule has 196 valence electrons. The van der Waals surface area contributed by atoms with E-state index in [9.17, 15) is 24.3 Å². The third-order valence-electron chi connectivity index (χ3n) is 6.49. The van der Waals surface area contributed by atoms with Crippen LogP contribution in [0.1, 0.15) is 34.9 Å². The SMILES string of the molecule is CC(=O)OCC1(C(=O)[O-])CS[C@@H]2C(NC(=O)C(=Cc3c(C)cc(C)cc3C)c3csc(N)n3)C(=O)N2C1.[Na+]. The summed E-state index contributed by atoms with van der Waals surface area (Å²) in [5.74, 6) is -2.85. The number of ether oxygens (including phenoxy) is 1. The van der Waals surface area contributed by atoms with E-state index >= 15 is 0 Å². The van der Waals surface area contributed by atoms with E-state index in [-0.39, 0.29) is 47.4 Å². The van der Waals surface area contributed by atoms with Crippen LogP contribution in [0.4, 0.5) is 5.13 Å². The number of nitrogen functional groups attached to an aromatic ring is 1. The second kappa shape index (κ2) is 11.8. The van der Waals surface area contributed by atoms with Gasteiger partial charge in [0.05, 0.1) is 22.7 Å². The fraction of sp³-hybridized carbons (Fsp3) is 0.400. The number of thioether (sulfide) groups is 1. The molecule has 2 aliphatic rings. The minimum atomic E-state index is -1.51. The minimum absolute atomic E-state index is 0. The van der Waals surface area contributed by atoms with Gasteiger partial charge in [-0.2, -0.15) is 0 Å². The Labute approximate surface area is 250 Å². The number of carbonyl (C=O) groups is 4. The van der Waals surface area contributed by atoms with Crippen LogP contribution in [0.5, 0.6) is 0 Å². The molecule has 1 aromatic heterocycles. The molecule has 2 amide bonds. The zero-order chi connectivity index (χ0) is 27.1. The molecule has 2 aliphatic heterocycles. The van der Waals surface area contributed by atoms with Gasteiger partial charge in [-0.3, -0.25) is 14.4 Å². The van der Waals surface area contributed by atoms with Gasteiger partial charge in [0, 0.05) is 24.6 Å². The van der Waals surface area contributed by atoms with Crippen LogP contribution in [0.25, 0.3) is 11.6 Å². The molecule has 0 spiro atoms. The zero-order valence-corrected chi connectivity index (χ0v) is 25.5. The van der Waals surface area contributed by atoms with E-state index in [1.54, 1.807) is 11.5 Å². The van der Waals surface area contributed by atoms with Crippen molar-refractivity contribution in [2.24, 2.45) is 5.41 Å². The van der Waals surface area contributed by atoms with Crippen molar-refractivity contribution in [2.45, 2.75) is 39.1 Å². The second-order valence-corrected chi connectivity index (χ2v) is 11.4. The molecule has 0 bridgehead atoms. The molecule has 13 heteroatoms. The summed E-state index contributed by atoms with van der Waals surface area (Å²) >= 11 is 2.41. The molecule has 10 nitrogen and oxygen atoms in total. The van der Waals surface area contributed by atoms with Gasteiger partial charge in [0.25, 0.3) is 5.91 Å². The number of hydrogen-bond donors (Lipinski definition) is 2. The van der Waals surface area contributed by atoms with Gasteiger partial charge < -0.3 is 30.6 Å². The Morgan fingerprint density at radius 3 is 2.50 bits per heavy atom. The molecular formula is C25H27N4NaO6S2. The summed E-state index contributed by atoms with van der Waals surface area (Å²) in [6, 6.07) is 3.20. The van der Waals surface area contributed by atoms with Crippen LogP contribution < -0.4 is 45.7 Å². The van der Waals surface area contributed by atoms with Crippen LogP contribution in [-0.2, 0) is 23.9 Å². The molecule has 3 heterocycles. The third-order valence-corrected chi connectivity index (χ3v) is 8.75. The maximum atomic E-state index is 13.5. The first kappa shape index (κ1) is 30.2. The van der Waals surface area contributed by atoms with Gasteiger partial charge in [-0.15, -0.1) is 23.1 Å². The Balaban J connectivity index is 0.00000400. The number of β-lactam (4-membered cyclic amide) rings is 1. The molecule has 4 rings (SSSR count).